The van der Waals surface area contributed by atoms with Crippen molar-refractivity contribution in [1.82, 2.24) is 4.57 Å². The molecule has 0 bridgehead atoms. The highest BCUT2D eigenvalue weighted by atomic mass is 35.5. The van der Waals surface area contributed by atoms with Gasteiger partial charge in [0.15, 0.2) is 5.78 Å². The Balaban J connectivity index is 1.74. The van der Waals surface area contributed by atoms with Crippen molar-refractivity contribution in [2.24, 2.45) is 11.7 Å². The van der Waals surface area contributed by atoms with Crippen molar-refractivity contribution in [3.63, 3.8) is 0 Å². The summed E-state index contributed by atoms with van der Waals surface area (Å²) in [6.45, 7) is 2.85. The number of fused-ring (bicyclic) bond motifs is 1. The van der Waals surface area contributed by atoms with Crippen LogP contribution in [-0.2, 0) is 6.54 Å². The number of aromatic nitrogens is 1. The van der Waals surface area contributed by atoms with E-state index in [2.05, 4.69) is 0 Å². The Bertz CT molecular complexity index is 758. The van der Waals surface area contributed by atoms with Crippen LogP contribution in [0.2, 0.25) is 5.02 Å². The highest BCUT2D eigenvalue weighted by Crippen LogP contribution is 2.37. The number of nitrogens with two attached hydrogens (primary N) is 1. The molecule has 1 aromatic carbocycles. The molecule has 3 rings (SSSR count). The standard InChI is InChI=1S/C20H26ClFN2O/c1-20(22)9-7-14(8-10-20)5-6-18(25)15-13-24(12-11-23)17-4-2-3-16(21)19(15)17/h2-4,13-14H,5-12,23H2,1H3. The lowest BCUT2D eigenvalue weighted by atomic mass is 9.79. The predicted octanol–water partition coefficient (Wildman–Crippen LogP) is 5.13. The van der Waals surface area contributed by atoms with Crippen LogP contribution in [-0.4, -0.2) is 22.6 Å². The number of hydrogen-bond acceptors (Lipinski definition) is 2. The number of nitrogens with zero attached hydrogens (tertiary/aromatic N) is 1. The first-order valence-electron chi connectivity index (χ1n) is 9.11. The fourth-order valence-electron chi connectivity index (χ4n) is 3.88. The van der Waals surface area contributed by atoms with E-state index in [1.165, 1.54) is 0 Å². The van der Waals surface area contributed by atoms with Crippen molar-refractivity contribution in [2.75, 3.05) is 6.54 Å². The predicted molar refractivity (Wildman–Crippen MR) is 101 cm³/mol. The summed E-state index contributed by atoms with van der Waals surface area (Å²) in [7, 11) is 0. The van der Waals surface area contributed by atoms with Gasteiger partial charge in [-0.15, -0.1) is 0 Å². The van der Waals surface area contributed by atoms with Crippen LogP contribution in [0.4, 0.5) is 4.39 Å². The third-order valence-corrected chi connectivity index (χ3v) is 5.77. The van der Waals surface area contributed by atoms with Crippen LogP contribution in [0.15, 0.2) is 24.4 Å². The summed E-state index contributed by atoms with van der Waals surface area (Å²) >= 11 is 6.36. The van der Waals surface area contributed by atoms with Gasteiger partial charge in [0.1, 0.15) is 5.67 Å². The Kier molecular flexibility index (Phi) is 5.49. The van der Waals surface area contributed by atoms with Crippen LogP contribution in [0, 0.1) is 5.92 Å². The monoisotopic (exact) mass is 364 g/mol. The number of halogens is 2. The minimum Gasteiger partial charge on any atom is -0.345 e. The van der Waals surface area contributed by atoms with Gasteiger partial charge < -0.3 is 10.3 Å². The minimum atomic E-state index is -1.02. The average Bonchev–Trinajstić information content (AvgIpc) is 2.94. The second-order valence-corrected chi connectivity index (χ2v) is 7.88. The van der Waals surface area contributed by atoms with Gasteiger partial charge >= 0.3 is 0 Å². The van der Waals surface area contributed by atoms with Crippen LogP contribution in [0.5, 0.6) is 0 Å². The van der Waals surface area contributed by atoms with E-state index in [1.807, 2.05) is 29.0 Å². The van der Waals surface area contributed by atoms with Gasteiger partial charge in [0.2, 0.25) is 0 Å². The maximum atomic E-state index is 13.9. The number of rotatable bonds is 6. The number of benzene rings is 1. The van der Waals surface area contributed by atoms with Gasteiger partial charge in [-0.25, -0.2) is 4.39 Å². The molecule has 2 N–H and O–H groups in total. The SMILES string of the molecule is CC1(F)CCC(CCC(=O)c2cn(CCN)c3cccc(Cl)c23)CC1. The normalized spacial score (nSPS) is 23.9. The summed E-state index contributed by atoms with van der Waals surface area (Å²) < 4.78 is 15.9. The van der Waals surface area contributed by atoms with Crippen molar-refractivity contribution in [3.05, 3.63) is 35.0 Å². The van der Waals surface area contributed by atoms with Gasteiger partial charge in [-0.1, -0.05) is 17.7 Å². The quantitative estimate of drug-likeness (QED) is 0.722. The molecule has 1 aliphatic carbocycles. The van der Waals surface area contributed by atoms with Gasteiger partial charge in [-0.05, 0) is 57.1 Å². The molecule has 0 unspecified atom stereocenters. The number of Topliss-reactive ketones (excluding diaryl/α,β-unsaturated/α-hetero) is 1. The van der Waals surface area contributed by atoms with E-state index in [0.717, 1.165) is 30.2 Å². The summed E-state index contributed by atoms with van der Waals surface area (Å²) in [4.78, 5) is 12.8. The summed E-state index contributed by atoms with van der Waals surface area (Å²) in [5.41, 5.74) is 6.29. The van der Waals surface area contributed by atoms with Crippen LogP contribution in [0.3, 0.4) is 0 Å². The second-order valence-electron chi connectivity index (χ2n) is 7.48. The molecule has 2 aromatic rings. The zero-order chi connectivity index (χ0) is 18.0. The fraction of sp³-hybridized carbons (Fsp3) is 0.550. The molecule has 5 heteroatoms. The Morgan fingerprint density at radius 3 is 2.80 bits per heavy atom. The molecule has 0 amide bonds. The Morgan fingerprint density at radius 2 is 2.12 bits per heavy atom. The van der Waals surface area contributed by atoms with Gasteiger partial charge in [-0.3, -0.25) is 4.79 Å². The van der Waals surface area contributed by atoms with Crippen molar-refractivity contribution >= 4 is 28.3 Å². The molecule has 136 valence electrons. The van der Waals surface area contributed by atoms with Crippen molar-refractivity contribution in [2.45, 2.75) is 57.7 Å². The zero-order valence-electron chi connectivity index (χ0n) is 14.7. The average molecular weight is 365 g/mol. The molecule has 25 heavy (non-hydrogen) atoms. The number of hydrogen-bond donors (Lipinski definition) is 1. The summed E-state index contributed by atoms with van der Waals surface area (Å²) in [5.74, 6) is 0.558. The second kappa shape index (κ2) is 7.46. The first-order chi connectivity index (χ1) is 11.9. The largest absolute Gasteiger partial charge is 0.345 e. The highest BCUT2D eigenvalue weighted by molar-refractivity contribution is 6.37. The van der Waals surface area contributed by atoms with E-state index in [4.69, 9.17) is 17.3 Å². The molecule has 0 spiro atoms. The van der Waals surface area contributed by atoms with Gasteiger partial charge in [0.05, 0.1) is 10.5 Å². The Morgan fingerprint density at radius 1 is 1.40 bits per heavy atom. The molecule has 0 aliphatic heterocycles. The highest BCUT2D eigenvalue weighted by Gasteiger charge is 2.30. The first kappa shape index (κ1) is 18.4. The van der Waals surface area contributed by atoms with E-state index in [1.54, 1.807) is 6.92 Å². The van der Waals surface area contributed by atoms with Crippen LogP contribution >= 0.6 is 11.6 Å². The van der Waals surface area contributed by atoms with Crippen molar-refractivity contribution in [1.29, 1.82) is 0 Å². The van der Waals surface area contributed by atoms with E-state index < -0.39 is 5.67 Å². The molecule has 3 nitrogen and oxygen atoms in total. The number of carbonyl (C=O) groups excluding carboxylic acids is 1. The molecule has 0 atom stereocenters. The number of carbonyl (C=O) groups is 1. The molecule has 1 aromatic heterocycles. The van der Waals surface area contributed by atoms with Gasteiger partial charge in [-0.2, -0.15) is 0 Å². The van der Waals surface area contributed by atoms with E-state index in [0.29, 0.717) is 48.9 Å². The summed E-state index contributed by atoms with van der Waals surface area (Å²) in [6, 6.07) is 5.68. The molecule has 1 saturated carbocycles. The molecular weight excluding hydrogens is 339 g/mol. The van der Waals surface area contributed by atoms with E-state index >= 15 is 0 Å². The molecule has 1 fully saturated rings. The maximum absolute atomic E-state index is 13.9. The lowest BCUT2D eigenvalue weighted by Gasteiger charge is -2.30. The van der Waals surface area contributed by atoms with Gasteiger partial charge in [0.25, 0.3) is 0 Å². The zero-order valence-corrected chi connectivity index (χ0v) is 15.5. The van der Waals surface area contributed by atoms with Crippen LogP contribution in [0.25, 0.3) is 10.9 Å². The number of ketones is 1. The summed E-state index contributed by atoms with van der Waals surface area (Å²) in [5, 5.41) is 1.42. The van der Waals surface area contributed by atoms with Crippen molar-refractivity contribution in [3.8, 4) is 0 Å². The maximum Gasteiger partial charge on any atom is 0.165 e. The van der Waals surface area contributed by atoms with Crippen LogP contribution < -0.4 is 5.73 Å². The molecule has 0 radical (unpaired) electrons. The molecule has 1 heterocycles. The third kappa shape index (κ3) is 4.06. The fourth-order valence-corrected chi connectivity index (χ4v) is 4.15. The first-order valence-corrected chi connectivity index (χ1v) is 9.48. The summed E-state index contributed by atoms with van der Waals surface area (Å²) in [6.07, 6.45) is 6.14. The molecule has 0 saturated heterocycles. The van der Waals surface area contributed by atoms with Crippen LogP contribution in [0.1, 0.15) is 55.8 Å². The van der Waals surface area contributed by atoms with Crippen molar-refractivity contribution < 1.29 is 9.18 Å². The minimum absolute atomic E-state index is 0.113. The Labute approximate surface area is 153 Å². The number of alkyl halides is 1. The smallest absolute Gasteiger partial charge is 0.165 e. The van der Waals surface area contributed by atoms with E-state index in [9.17, 15) is 9.18 Å². The third-order valence-electron chi connectivity index (χ3n) is 5.45. The van der Waals surface area contributed by atoms with Gasteiger partial charge in [0, 0.05) is 36.7 Å². The molecule has 1 aliphatic rings. The molecular formula is C20H26ClFN2O. The Hall–Kier alpha value is -1.39. The lowest BCUT2D eigenvalue weighted by Crippen LogP contribution is -2.26. The van der Waals surface area contributed by atoms with E-state index in [-0.39, 0.29) is 5.78 Å². The topological polar surface area (TPSA) is 48.0 Å². The lowest BCUT2D eigenvalue weighted by molar-refractivity contribution is 0.0906.